The molecule has 1 aromatic carbocycles. The predicted octanol–water partition coefficient (Wildman–Crippen LogP) is 1.31. The topological polar surface area (TPSA) is 67.6 Å². The summed E-state index contributed by atoms with van der Waals surface area (Å²) in [6.07, 6.45) is 0. The minimum atomic E-state index is -0.496. The molecule has 1 unspecified atom stereocenters. The SMILES string of the molecule is COCC(C)N(C)CC(=O)Nc1ccc(F)c(N)c1. The molecule has 0 aliphatic rings. The number of nitrogen functional groups attached to an aromatic ring is 1. The summed E-state index contributed by atoms with van der Waals surface area (Å²) in [5.41, 5.74) is 5.93. The average molecular weight is 269 g/mol. The van der Waals surface area contributed by atoms with Crippen molar-refractivity contribution in [1.29, 1.82) is 0 Å². The van der Waals surface area contributed by atoms with E-state index in [1.54, 1.807) is 7.11 Å². The van der Waals surface area contributed by atoms with Gasteiger partial charge in [0, 0.05) is 18.8 Å². The number of carbonyl (C=O) groups excluding carboxylic acids is 1. The smallest absolute Gasteiger partial charge is 0.238 e. The van der Waals surface area contributed by atoms with Crippen LogP contribution >= 0.6 is 0 Å². The van der Waals surface area contributed by atoms with Crippen LogP contribution in [0.3, 0.4) is 0 Å². The van der Waals surface area contributed by atoms with Crippen molar-refractivity contribution in [3.8, 4) is 0 Å². The molecule has 1 atom stereocenters. The molecular formula is C13H20FN3O2. The summed E-state index contributed by atoms with van der Waals surface area (Å²) in [4.78, 5) is 13.7. The van der Waals surface area contributed by atoms with Crippen LogP contribution in [0.1, 0.15) is 6.92 Å². The molecule has 1 aromatic rings. The highest BCUT2D eigenvalue weighted by Gasteiger charge is 2.13. The van der Waals surface area contributed by atoms with Crippen molar-refractivity contribution in [2.75, 3.05) is 38.4 Å². The van der Waals surface area contributed by atoms with Crippen LogP contribution in [-0.2, 0) is 9.53 Å². The Balaban J connectivity index is 2.53. The Morgan fingerprint density at radius 3 is 2.84 bits per heavy atom. The molecule has 0 heterocycles. The van der Waals surface area contributed by atoms with Crippen molar-refractivity contribution < 1.29 is 13.9 Å². The molecule has 0 saturated heterocycles. The zero-order chi connectivity index (χ0) is 14.4. The van der Waals surface area contributed by atoms with E-state index in [1.807, 2.05) is 18.9 Å². The van der Waals surface area contributed by atoms with Gasteiger partial charge in [-0.25, -0.2) is 4.39 Å². The van der Waals surface area contributed by atoms with Crippen LogP contribution in [-0.4, -0.2) is 44.2 Å². The molecule has 0 spiro atoms. The number of anilines is 2. The van der Waals surface area contributed by atoms with E-state index in [2.05, 4.69) is 5.32 Å². The molecule has 0 aliphatic heterocycles. The number of nitrogens with two attached hydrogens (primary N) is 1. The normalized spacial score (nSPS) is 12.5. The molecule has 0 saturated carbocycles. The number of benzene rings is 1. The number of amides is 1. The maximum absolute atomic E-state index is 13.0. The van der Waals surface area contributed by atoms with E-state index in [1.165, 1.54) is 18.2 Å². The summed E-state index contributed by atoms with van der Waals surface area (Å²) >= 11 is 0. The molecule has 19 heavy (non-hydrogen) atoms. The molecule has 3 N–H and O–H groups in total. The summed E-state index contributed by atoms with van der Waals surface area (Å²) in [6, 6.07) is 4.23. The van der Waals surface area contributed by atoms with E-state index in [4.69, 9.17) is 10.5 Å². The van der Waals surface area contributed by atoms with Gasteiger partial charge < -0.3 is 15.8 Å². The van der Waals surface area contributed by atoms with E-state index in [0.29, 0.717) is 12.3 Å². The van der Waals surface area contributed by atoms with Gasteiger partial charge in [0.25, 0.3) is 0 Å². The largest absolute Gasteiger partial charge is 0.396 e. The lowest BCUT2D eigenvalue weighted by Gasteiger charge is -2.23. The third kappa shape index (κ3) is 4.84. The van der Waals surface area contributed by atoms with Gasteiger partial charge in [0.1, 0.15) is 5.82 Å². The van der Waals surface area contributed by atoms with Gasteiger partial charge in [-0.05, 0) is 32.2 Å². The highest BCUT2D eigenvalue weighted by molar-refractivity contribution is 5.92. The number of carbonyl (C=O) groups is 1. The van der Waals surface area contributed by atoms with E-state index < -0.39 is 5.82 Å². The van der Waals surface area contributed by atoms with E-state index in [9.17, 15) is 9.18 Å². The number of nitrogens with zero attached hydrogens (tertiary/aromatic N) is 1. The van der Waals surface area contributed by atoms with Crippen LogP contribution in [0, 0.1) is 5.82 Å². The second kappa shape index (κ2) is 7.06. The molecule has 5 nitrogen and oxygen atoms in total. The van der Waals surface area contributed by atoms with Gasteiger partial charge in [-0.15, -0.1) is 0 Å². The fourth-order valence-corrected chi connectivity index (χ4v) is 1.57. The molecule has 0 aromatic heterocycles. The van der Waals surface area contributed by atoms with Gasteiger partial charge in [-0.2, -0.15) is 0 Å². The van der Waals surface area contributed by atoms with Crippen molar-refractivity contribution in [3.05, 3.63) is 24.0 Å². The fourth-order valence-electron chi connectivity index (χ4n) is 1.57. The van der Waals surface area contributed by atoms with Crippen LogP contribution < -0.4 is 11.1 Å². The standard InChI is InChI=1S/C13H20FN3O2/c1-9(8-19-3)17(2)7-13(18)16-10-4-5-11(14)12(15)6-10/h4-6,9H,7-8,15H2,1-3H3,(H,16,18). The first-order valence-corrected chi connectivity index (χ1v) is 5.98. The summed E-state index contributed by atoms with van der Waals surface area (Å²) in [5, 5.41) is 2.67. The first-order chi connectivity index (χ1) is 8.93. The maximum atomic E-state index is 13.0. The van der Waals surface area contributed by atoms with Crippen LogP contribution in [0.15, 0.2) is 18.2 Å². The number of likely N-dealkylation sites (N-methyl/N-ethyl adjacent to an activating group) is 1. The van der Waals surface area contributed by atoms with Crippen LogP contribution in [0.4, 0.5) is 15.8 Å². The first kappa shape index (κ1) is 15.4. The third-order valence-corrected chi connectivity index (χ3v) is 2.83. The number of hydrogen-bond acceptors (Lipinski definition) is 4. The second-order valence-electron chi connectivity index (χ2n) is 4.50. The lowest BCUT2D eigenvalue weighted by molar-refractivity contribution is -0.117. The van der Waals surface area contributed by atoms with Gasteiger partial charge in [-0.3, -0.25) is 9.69 Å². The lowest BCUT2D eigenvalue weighted by Crippen LogP contribution is -2.38. The van der Waals surface area contributed by atoms with Gasteiger partial charge in [0.05, 0.1) is 18.8 Å². The minimum Gasteiger partial charge on any atom is -0.396 e. The zero-order valence-corrected chi connectivity index (χ0v) is 11.4. The molecule has 1 rings (SSSR count). The Kier molecular flexibility index (Phi) is 5.72. The van der Waals surface area contributed by atoms with Crippen molar-refractivity contribution in [1.82, 2.24) is 4.90 Å². The predicted molar refractivity (Wildman–Crippen MR) is 73.4 cm³/mol. The fraction of sp³-hybridized carbons (Fsp3) is 0.462. The molecule has 6 heteroatoms. The number of nitrogens with one attached hydrogen (secondary N) is 1. The number of rotatable bonds is 6. The Morgan fingerprint density at radius 2 is 2.26 bits per heavy atom. The molecule has 0 bridgehead atoms. The van der Waals surface area contributed by atoms with E-state index in [-0.39, 0.29) is 24.2 Å². The molecular weight excluding hydrogens is 249 g/mol. The highest BCUT2D eigenvalue weighted by Crippen LogP contribution is 2.16. The van der Waals surface area contributed by atoms with Crippen molar-refractivity contribution in [2.24, 2.45) is 0 Å². The Bertz CT molecular complexity index is 440. The van der Waals surface area contributed by atoms with Gasteiger partial charge in [0.2, 0.25) is 5.91 Å². The molecule has 0 radical (unpaired) electrons. The molecule has 1 amide bonds. The van der Waals surface area contributed by atoms with E-state index in [0.717, 1.165) is 0 Å². The molecule has 106 valence electrons. The summed E-state index contributed by atoms with van der Waals surface area (Å²) in [5.74, 6) is -0.680. The van der Waals surface area contributed by atoms with Gasteiger partial charge in [-0.1, -0.05) is 0 Å². The number of hydrogen-bond donors (Lipinski definition) is 2. The second-order valence-corrected chi connectivity index (χ2v) is 4.50. The summed E-state index contributed by atoms with van der Waals surface area (Å²) in [7, 11) is 3.45. The highest BCUT2D eigenvalue weighted by atomic mass is 19.1. The number of halogens is 1. The molecule has 0 aliphatic carbocycles. The summed E-state index contributed by atoms with van der Waals surface area (Å²) < 4.78 is 18.0. The van der Waals surface area contributed by atoms with Gasteiger partial charge >= 0.3 is 0 Å². The monoisotopic (exact) mass is 269 g/mol. The minimum absolute atomic E-state index is 0.0129. The van der Waals surface area contributed by atoms with Gasteiger partial charge in [0.15, 0.2) is 0 Å². The average Bonchev–Trinajstić information content (AvgIpc) is 2.34. The number of methoxy groups -OCH3 is 1. The van der Waals surface area contributed by atoms with Crippen LogP contribution in [0.2, 0.25) is 0 Å². The van der Waals surface area contributed by atoms with Crippen LogP contribution in [0.25, 0.3) is 0 Å². The summed E-state index contributed by atoms with van der Waals surface area (Å²) in [6.45, 7) is 2.74. The Labute approximate surface area is 112 Å². The zero-order valence-electron chi connectivity index (χ0n) is 11.4. The Morgan fingerprint density at radius 1 is 1.58 bits per heavy atom. The molecule has 0 fully saturated rings. The maximum Gasteiger partial charge on any atom is 0.238 e. The quantitative estimate of drug-likeness (QED) is 0.764. The van der Waals surface area contributed by atoms with Crippen LogP contribution in [0.5, 0.6) is 0 Å². The van der Waals surface area contributed by atoms with Crippen molar-refractivity contribution >= 4 is 17.3 Å². The third-order valence-electron chi connectivity index (χ3n) is 2.83. The number of ether oxygens (including phenoxy) is 1. The van der Waals surface area contributed by atoms with E-state index >= 15 is 0 Å². The lowest BCUT2D eigenvalue weighted by atomic mass is 10.2. The first-order valence-electron chi connectivity index (χ1n) is 5.98. The van der Waals surface area contributed by atoms with Crippen molar-refractivity contribution in [3.63, 3.8) is 0 Å². The van der Waals surface area contributed by atoms with Crippen molar-refractivity contribution in [2.45, 2.75) is 13.0 Å². The Hall–Kier alpha value is -1.66.